The zero-order chi connectivity index (χ0) is 11.1. The van der Waals surface area contributed by atoms with Gasteiger partial charge in [-0.1, -0.05) is 6.07 Å². The molecular weight excluding hydrogens is 258 g/mol. The van der Waals surface area contributed by atoms with E-state index in [9.17, 15) is 8.42 Å². The third-order valence-corrected chi connectivity index (χ3v) is 3.60. The monoisotopic (exact) mass is 263 g/mol. The molecule has 0 atom stereocenters. The minimum Gasteiger partial charge on any atom is -0.432 e. The van der Waals surface area contributed by atoms with Crippen molar-refractivity contribution in [3.05, 3.63) is 23.8 Å². The van der Waals surface area contributed by atoms with E-state index in [1.165, 1.54) is 6.07 Å². The molecule has 2 rings (SSSR count). The summed E-state index contributed by atoms with van der Waals surface area (Å²) >= 11 is 4.80. The van der Waals surface area contributed by atoms with Crippen molar-refractivity contribution in [2.75, 3.05) is 0 Å². The SMILES string of the molecule is O=S(=O)(Cl)c1cccc2c1CNC(=S)O2. The van der Waals surface area contributed by atoms with Gasteiger partial charge in [-0.15, -0.1) is 0 Å². The van der Waals surface area contributed by atoms with Crippen molar-refractivity contribution in [3.8, 4) is 5.75 Å². The molecule has 15 heavy (non-hydrogen) atoms. The Kier molecular flexibility index (Phi) is 2.57. The highest BCUT2D eigenvalue weighted by atomic mass is 35.7. The smallest absolute Gasteiger partial charge is 0.262 e. The molecule has 1 N–H and O–H groups in total. The molecule has 0 unspecified atom stereocenters. The summed E-state index contributed by atoms with van der Waals surface area (Å²) in [4.78, 5) is 0.0525. The lowest BCUT2D eigenvalue weighted by atomic mass is 10.2. The van der Waals surface area contributed by atoms with Gasteiger partial charge in [0.15, 0.2) is 0 Å². The maximum absolute atomic E-state index is 11.2. The van der Waals surface area contributed by atoms with Crippen LogP contribution in [0, 0.1) is 0 Å². The predicted octanol–water partition coefficient (Wildman–Crippen LogP) is 1.38. The summed E-state index contributed by atoms with van der Waals surface area (Å²) in [5.41, 5.74) is 0.501. The Hall–Kier alpha value is -0.850. The molecule has 1 aromatic carbocycles. The number of rotatable bonds is 1. The van der Waals surface area contributed by atoms with E-state index < -0.39 is 9.05 Å². The Morgan fingerprint density at radius 3 is 2.87 bits per heavy atom. The molecule has 0 fully saturated rings. The number of hydrogen-bond acceptors (Lipinski definition) is 4. The largest absolute Gasteiger partial charge is 0.432 e. The van der Waals surface area contributed by atoms with E-state index in [-0.39, 0.29) is 10.1 Å². The number of hydrogen-bond donors (Lipinski definition) is 1. The molecule has 0 radical (unpaired) electrons. The Labute approximate surface area is 96.6 Å². The second-order valence-electron chi connectivity index (χ2n) is 2.91. The number of nitrogens with one attached hydrogen (secondary N) is 1. The fourth-order valence-corrected chi connectivity index (χ4v) is 2.64. The van der Waals surface area contributed by atoms with Gasteiger partial charge in [-0.05, 0) is 24.4 Å². The summed E-state index contributed by atoms with van der Waals surface area (Å²) < 4.78 is 27.6. The summed E-state index contributed by atoms with van der Waals surface area (Å²) in [5.74, 6) is 0.431. The number of thiocarbonyl (C=S) groups is 1. The van der Waals surface area contributed by atoms with Crippen LogP contribution in [0.3, 0.4) is 0 Å². The molecule has 0 amide bonds. The van der Waals surface area contributed by atoms with Crippen molar-refractivity contribution in [2.24, 2.45) is 0 Å². The van der Waals surface area contributed by atoms with E-state index in [0.29, 0.717) is 17.9 Å². The molecule has 1 aromatic rings. The standard InChI is InChI=1S/C8H6ClNO3S2/c9-15(11,12)7-3-1-2-6-5(7)4-10-8(14)13-6/h1-3H,4H2,(H,10,14). The highest BCUT2D eigenvalue weighted by molar-refractivity contribution is 8.13. The summed E-state index contributed by atoms with van der Waals surface area (Å²) in [6.07, 6.45) is 0. The van der Waals surface area contributed by atoms with Gasteiger partial charge in [0.05, 0.1) is 4.90 Å². The predicted molar refractivity (Wildman–Crippen MR) is 59.5 cm³/mol. The van der Waals surface area contributed by atoms with Gasteiger partial charge in [-0.2, -0.15) is 0 Å². The molecule has 4 nitrogen and oxygen atoms in total. The van der Waals surface area contributed by atoms with Gasteiger partial charge in [0, 0.05) is 22.8 Å². The van der Waals surface area contributed by atoms with E-state index in [1.54, 1.807) is 12.1 Å². The van der Waals surface area contributed by atoms with Gasteiger partial charge >= 0.3 is 0 Å². The molecule has 1 heterocycles. The summed E-state index contributed by atoms with van der Waals surface area (Å²) in [6, 6.07) is 4.64. The maximum Gasteiger partial charge on any atom is 0.262 e. The molecule has 0 spiro atoms. The lowest BCUT2D eigenvalue weighted by molar-refractivity contribution is 0.492. The molecule has 1 aliphatic rings. The first-order chi connectivity index (χ1) is 6.98. The zero-order valence-electron chi connectivity index (χ0n) is 7.36. The van der Waals surface area contributed by atoms with Gasteiger partial charge in [0.25, 0.3) is 14.2 Å². The lowest BCUT2D eigenvalue weighted by Gasteiger charge is -2.20. The highest BCUT2D eigenvalue weighted by Crippen LogP contribution is 2.30. The van der Waals surface area contributed by atoms with Gasteiger partial charge in [0.2, 0.25) is 0 Å². The van der Waals surface area contributed by atoms with Crippen molar-refractivity contribution < 1.29 is 13.2 Å². The maximum atomic E-state index is 11.2. The minimum atomic E-state index is -3.75. The number of halogens is 1. The van der Waals surface area contributed by atoms with E-state index >= 15 is 0 Å². The molecule has 0 aromatic heterocycles. The average Bonchev–Trinajstić information content (AvgIpc) is 2.15. The molecule has 7 heteroatoms. The Morgan fingerprint density at radius 2 is 2.20 bits per heavy atom. The fourth-order valence-electron chi connectivity index (χ4n) is 1.34. The van der Waals surface area contributed by atoms with Crippen LogP contribution in [0.5, 0.6) is 5.75 Å². The Morgan fingerprint density at radius 1 is 1.47 bits per heavy atom. The quantitative estimate of drug-likeness (QED) is 0.613. The van der Waals surface area contributed by atoms with Gasteiger partial charge in [-0.3, -0.25) is 0 Å². The summed E-state index contributed by atoms with van der Waals surface area (Å²) in [7, 11) is 1.54. The first-order valence-electron chi connectivity index (χ1n) is 4.01. The average molecular weight is 264 g/mol. The molecular formula is C8H6ClNO3S2. The van der Waals surface area contributed by atoms with Crippen molar-refractivity contribution in [1.29, 1.82) is 0 Å². The molecule has 80 valence electrons. The highest BCUT2D eigenvalue weighted by Gasteiger charge is 2.22. The topological polar surface area (TPSA) is 55.4 Å². The van der Waals surface area contributed by atoms with Gasteiger partial charge < -0.3 is 10.1 Å². The first-order valence-corrected chi connectivity index (χ1v) is 6.72. The van der Waals surface area contributed by atoms with Crippen LogP contribution in [0.25, 0.3) is 0 Å². The van der Waals surface area contributed by atoms with Crippen LogP contribution in [0.2, 0.25) is 0 Å². The van der Waals surface area contributed by atoms with E-state index in [2.05, 4.69) is 5.32 Å². The Balaban J connectivity index is 2.61. The second-order valence-corrected chi connectivity index (χ2v) is 5.82. The van der Waals surface area contributed by atoms with Crippen LogP contribution < -0.4 is 10.1 Å². The van der Waals surface area contributed by atoms with Crippen LogP contribution in [-0.2, 0) is 15.6 Å². The molecule has 0 saturated heterocycles. The van der Waals surface area contributed by atoms with Gasteiger partial charge in [-0.25, -0.2) is 8.42 Å². The van der Waals surface area contributed by atoms with Gasteiger partial charge in [0.1, 0.15) is 5.75 Å². The van der Waals surface area contributed by atoms with Crippen LogP contribution >= 0.6 is 22.9 Å². The van der Waals surface area contributed by atoms with Crippen LogP contribution in [0.1, 0.15) is 5.56 Å². The molecule has 0 saturated carbocycles. The zero-order valence-corrected chi connectivity index (χ0v) is 9.75. The summed E-state index contributed by atoms with van der Waals surface area (Å²) in [6.45, 7) is 0.302. The van der Waals surface area contributed by atoms with E-state index in [4.69, 9.17) is 27.6 Å². The van der Waals surface area contributed by atoms with E-state index in [0.717, 1.165) is 0 Å². The van der Waals surface area contributed by atoms with Crippen molar-refractivity contribution in [2.45, 2.75) is 11.4 Å². The second kappa shape index (κ2) is 3.62. The summed E-state index contributed by atoms with van der Waals surface area (Å²) in [5, 5.41) is 2.97. The molecule has 0 aliphatic carbocycles. The van der Waals surface area contributed by atoms with Crippen molar-refractivity contribution >= 4 is 37.1 Å². The third kappa shape index (κ3) is 2.06. The minimum absolute atomic E-state index is 0.0525. The number of ether oxygens (including phenoxy) is 1. The molecule has 1 aliphatic heterocycles. The van der Waals surface area contributed by atoms with Crippen molar-refractivity contribution in [1.82, 2.24) is 5.32 Å². The van der Waals surface area contributed by atoms with Crippen molar-refractivity contribution in [3.63, 3.8) is 0 Å². The third-order valence-electron chi connectivity index (χ3n) is 1.96. The van der Waals surface area contributed by atoms with Crippen LogP contribution in [0.15, 0.2) is 23.1 Å². The molecule has 0 bridgehead atoms. The lowest BCUT2D eigenvalue weighted by Crippen LogP contribution is -2.31. The normalized spacial score (nSPS) is 15.1. The number of fused-ring (bicyclic) bond motifs is 1. The Bertz CT molecular complexity index is 527. The van der Waals surface area contributed by atoms with E-state index in [1.807, 2.05) is 0 Å². The number of benzene rings is 1. The van der Waals surface area contributed by atoms with Crippen LogP contribution in [-0.4, -0.2) is 13.6 Å². The fraction of sp³-hybridized carbons (Fsp3) is 0.125. The van der Waals surface area contributed by atoms with Crippen LogP contribution in [0.4, 0.5) is 0 Å². The first kappa shape index (κ1) is 10.7.